The van der Waals surface area contributed by atoms with Crippen molar-refractivity contribution in [2.75, 3.05) is 25.5 Å². The van der Waals surface area contributed by atoms with E-state index in [0.717, 1.165) is 11.3 Å². The van der Waals surface area contributed by atoms with Gasteiger partial charge in [0, 0.05) is 26.3 Å². The summed E-state index contributed by atoms with van der Waals surface area (Å²) in [5.41, 5.74) is 2.15. The smallest absolute Gasteiger partial charge is 0.266 e. The second kappa shape index (κ2) is 5.75. The number of carbonyl (C=O) groups excluding carboxylic acids is 1. The van der Waals surface area contributed by atoms with E-state index in [0.29, 0.717) is 15.8 Å². The third-order valence-corrected chi connectivity index (χ3v) is 4.27. The Hall–Kier alpha value is -1.33. The highest BCUT2D eigenvalue weighted by Gasteiger charge is 2.30. The first-order chi connectivity index (χ1) is 9.02. The van der Waals surface area contributed by atoms with Gasteiger partial charge in [-0.25, -0.2) is 0 Å². The van der Waals surface area contributed by atoms with Crippen LogP contribution in [0.3, 0.4) is 0 Å². The molecule has 0 N–H and O–H groups in total. The van der Waals surface area contributed by atoms with Gasteiger partial charge in [-0.3, -0.25) is 9.69 Å². The predicted molar refractivity (Wildman–Crippen MR) is 86.3 cm³/mol. The van der Waals surface area contributed by atoms with Crippen molar-refractivity contribution in [2.45, 2.75) is 6.92 Å². The molecule has 0 radical (unpaired) electrons. The first-order valence-corrected chi connectivity index (χ1v) is 7.28. The molecule has 0 aromatic heterocycles. The summed E-state index contributed by atoms with van der Waals surface area (Å²) in [6.07, 6.45) is 1.90. The molecule has 0 atom stereocenters. The maximum atomic E-state index is 12.1. The summed E-state index contributed by atoms with van der Waals surface area (Å²) >= 11 is 6.56. The molecule has 1 aliphatic heterocycles. The van der Waals surface area contributed by atoms with E-state index in [2.05, 4.69) is 0 Å². The van der Waals surface area contributed by atoms with Crippen LogP contribution < -0.4 is 4.90 Å². The van der Waals surface area contributed by atoms with Crippen LogP contribution in [0.4, 0.5) is 5.69 Å². The Morgan fingerprint density at radius 3 is 2.42 bits per heavy atom. The SMILES string of the molecule is CCN1C(=O)/C(=C/c2ccc(N(C)C)cc2)SC1=S. The molecular weight excluding hydrogens is 276 g/mol. The standard InChI is InChI=1S/C14H16N2OS2/c1-4-16-13(17)12(19-14(16)18)9-10-5-7-11(8-6-10)15(2)3/h5-9H,4H2,1-3H3/b12-9-. The number of benzene rings is 1. The topological polar surface area (TPSA) is 23.6 Å². The van der Waals surface area contributed by atoms with Crippen molar-refractivity contribution in [2.24, 2.45) is 0 Å². The summed E-state index contributed by atoms with van der Waals surface area (Å²) in [5, 5.41) is 0. The number of thioether (sulfide) groups is 1. The van der Waals surface area contributed by atoms with E-state index in [9.17, 15) is 4.79 Å². The Balaban J connectivity index is 2.22. The summed E-state index contributed by atoms with van der Waals surface area (Å²) in [5.74, 6) is 0.00851. The van der Waals surface area contributed by atoms with E-state index >= 15 is 0 Å². The van der Waals surface area contributed by atoms with E-state index in [4.69, 9.17) is 12.2 Å². The zero-order valence-corrected chi connectivity index (χ0v) is 12.8. The van der Waals surface area contributed by atoms with Crippen LogP contribution >= 0.6 is 24.0 Å². The Labute approximate surface area is 123 Å². The number of likely N-dealkylation sites (N-methyl/N-ethyl adjacent to an activating group) is 1. The molecule has 1 heterocycles. The van der Waals surface area contributed by atoms with Crippen molar-refractivity contribution in [3.63, 3.8) is 0 Å². The Morgan fingerprint density at radius 1 is 1.32 bits per heavy atom. The van der Waals surface area contributed by atoms with Gasteiger partial charge in [0.05, 0.1) is 4.91 Å². The zero-order valence-electron chi connectivity index (χ0n) is 11.2. The van der Waals surface area contributed by atoms with Gasteiger partial charge < -0.3 is 4.90 Å². The van der Waals surface area contributed by atoms with Gasteiger partial charge >= 0.3 is 0 Å². The molecule has 1 amide bonds. The summed E-state index contributed by atoms with van der Waals surface area (Å²) in [6, 6.07) is 8.08. The number of amides is 1. The lowest BCUT2D eigenvalue weighted by molar-refractivity contribution is -0.121. The van der Waals surface area contributed by atoms with Gasteiger partial charge in [0.2, 0.25) is 0 Å². The molecule has 0 aliphatic carbocycles. The molecule has 1 aromatic rings. The Kier molecular flexibility index (Phi) is 4.27. The van der Waals surface area contributed by atoms with Gasteiger partial charge in [-0.05, 0) is 30.7 Å². The minimum Gasteiger partial charge on any atom is -0.378 e. The fourth-order valence-electron chi connectivity index (χ4n) is 1.79. The number of carbonyl (C=O) groups is 1. The molecule has 19 heavy (non-hydrogen) atoms. The second-order valence-corrected chi connectivity index (χ2v) is 6.09. The molecule has 0 bridgehead atoms. The third kappa shape index (κ3) is 2.98. The van der Waals surface area contributed by atoms with Crippen molar-refractivity contribution in [3.05, 3.63) is 34.7 Å². The van der Waals surface area contributed by atoms with Crippen molar-refractivity contribution < 1.29 is 4.79 Å². The summed E-state index contributed by atoms with van der Waals surface area (Å²) < 4.78 is 0.642. The average Bonchev–Trinajstić information content (AvgIpc) is 2.64. The van der Waals surface area contributed by atoms with Gasteiger partial charge in [0.1, 0.15) is 4.32 Å². The third-order valence-electron chi connectivity index (χ3n) is 2.90. The van der Waals surface area contributed by atoms with Crippen LogP contribution in [0.1, 0.15) is 12.5 Å². The van der Waals surface area contributed by atoms with Crippen LogP contribution in [0.25, 0.3) is 6.08 Å². The van der Waals surface area contributed by atoms with Crippen molar-refractivity contribution in [3.8, 4) is 0 Å². The first kappa shape index (κ1) is 14.1. The monoisotopic (exact) mass is 292 g/mol. The van der Waals surface area contributed by atoms with E-state index in [1.807, 2.05) is 56.3 Å². The average molecular weight is 292 g/mol. The zero-order chi connectivity index (χ0) is 14.0. The highest BCUT2D eigenvalue weighted by Crippen LogP contribution is 2.32. The predicted octanol–water partition coefficient (Wildman–Crippen LogP) is 2.97. The van der Waals surface area contributed by atoms with Crippen molar-refractivity contribution in [1.29, 1.82) is 0 Å². The lowest BCUT2D eigenvalue weighted by Gasteiger charge is -2.12. The molecule has 3 nitrogen and oxygen atoms in total. The molecule has 0 spiro atoms. The number of thiocarbonyl (C=S) groups is 1. The minimum absolute atomic E-state index is 0.00851. The fourth-order valence-corrected chi connectivity index (χ4v) is 3.18. The van der Waals surface area contributed by atoms with Gasteiger partial charge in [-0.1, -0.05) is 36.1 Å². The minimum atomic E-state index is 0.00851. The van der Waals surface area contributed by atoms with E-state index < -0.39 is 0 Å². The van der Waals surface area contributed by atoms with Crippen LogP contribution in [0.5, 0.6) is 0 Å². The largest absolute Gasteiger partial charge is 0.378 e. The number of hydrogen-bond acceptors (Lipinski definition) is 4. The number of hydrogen-bond donors (Lipinski definition) is 0. The van der Waals surface area contributed by atoms with Crippen LogP contribution in [0.2, 0.25) is 0 Å². The van der Waals surface area contributed by atoms with Gasteiger partial charge in [-0.2, -0.15) is 0 Å². The molecule has 0 unspecified atom stereocenters. The Bertz CT molecular complexity index is 535. The van der Waals surface area contributed by atoms with Crippen LogP contribution in [-0.4, -0.2) is 35.8 Å². The molecule has 1 aromatic carbocycles. The van der Waals surface area contributed by atoms with E-state index in [-0.39, 0.29) is 5.91 Å². The first-order valence-electron chi connectivity index (χ1n) is 6.05. The molecule has 100 valence electrons. The van der Waals surface area contributed by atoms with Gasteiger partial charge in [-0.15, -0.1) is 0 Å². The van der Waals surface area contributed by atoms with Crippen LogP contribution in [-0.2, 0) is 4.79 Å². The molecule has 1 saturated heterocycles. The number of rotatable bonds is 3. The quantitative estimate of drug-likeness (QED) is 0.631. The molecule has 5 heteroatoms. The normalized spacial score (nSPS) is 17.4. The molecule has 0 saturated carbocycles. The molecule has 2 rings (SSSR count). The Morgan fingerprint density at radius 2 is 1.95 bits per heavy atom. The lowest BCUT2D eigenvalue weighted by atomic mass is 10.2. The van der Waals surface area contributed by atoms with Crippen molar-refractivity contribution >= 4 is 46.0 Å². The van der Waals surface area contributed by atoms with E-state index in [1.165, 1.54) is 11.8 Å². The van der Waals surface area contributed by atoms with Gasteiger partial charge in [0.15, 0.2) is 0 Å². The highest BCUT2D eigenvalue weighted by atomic mass is 32.2. The number of anilines is 1. The van der Waals surface area contributed by atoms with Gasteiger partial charge in [0.25, 0.3) is 5.91 Å². The maximum Gasteiger partial charge on any atom is 0.266 e. The summed E-state index contributed by atoms with van der Waals surface area (Å²) in [7, 11) is 4.00. The van der Waals surface area contributed by atoms with Crippen LogP contribution in [0, 0.1) is 0 Å². The van der Waals surface area contributed by atoms with E-state index in [1.54, 1.807) is 4.90 Å². The fraction of sp³-hybridized carbons (Fsp3) is 0.286. The number of nitrogens with zero attached hydrogens (tertiary/aromatic N) is 2. The molecule has 1 aliphatic rings. The summed E-state index contributed by atoms with van der Waals surface area (Å²) in [4.78, 5) is 16.4. The maximum absolute atomic E-state index is 12.1. The lowest BCUT2D eigenvalue weighted by Crippen LogP contribution is -2.27. The summed E-state index contributed by atoms with van der Waals surface area (Å²) in [6.45, 7) is 2.56. The van der Waals surface area contributed by atoms with Crippen LogP contribution in [0.15, 0.2) is 29.2 Å². The second-order valence-electron chi connectivity index (χ2n) is 4.41. The molecular formula is C14H16N2OS2. The van der Waals surface area contributed by atoms with Crippen molar-refractivity contribution in [1.82, 2.24) is 4.90 Å². The highest BCUT2D eigenvalue weighted by molar-refractivity contribution is 8.26. The molecule has 1 fully saturated rings.